The molecule has 0 unspecified atom stereocenters. The first-order valence-corrected chi connectivity index (χ1v) is 11.2. The van der Waals surface area contributed by atoms with Crippen molar-refractivity contribution in [2.75, 3.05) is 20.2 Å². The summed E-state index contributed by atoms with van der Waals surface area (Å²) in [5.74, 6) is -2.24. The molecule has 1 fully saturated rings. The summed E-state index contributed by atoms with van der Waals surface area (Å²) in [5.41, 5.74) is -0.751. The Morgan fingerprint density at radius 3 is 2.33 bits per heavy atom. The Hall–Kier alpha value is -2.84. The van der Waals surface area contributed by atoms with Crippen LogP contribution >= 0.6 is 0 Å². The first-order valence-electron chi connectivity index (χ1n) is 11.2. The van der Waals surface area contributed by atoms with Gasteiger partial charge in [-0.15, -0.1) is 0 Å². The first kappa shape index (κ1) is 26.4. The number of nitrogens with one attached hydrogen (secondary N) is 2. The zero-order valence-corrected chi connectivity index (χ0v) is 20.0. The Kier molecular flexibility index (Phi) is 8.69. The van der Waals surface area contributed by atoms with E-state index >= 15 is 0 Å². The lowest BCUT2D eigenvalue weighted by Crippen LogP contribution is -2.36. The van der Waals surface area contributed by atoms with Crippen LogP contribution in [0, 0.1) is 16.6 Å². The maximum absolute atomic E-state index is 14.6. The summed E-state index contributed by atoms with van der Waals surface area (Å²) in [6.07, 6.45) is 1.56. The summed E-state index contributed by atoms with van der Waals surface area (Å²) < 4.78 is 25.5. The molecule has 0 saturated heterocycles. The summed E-state index contributed by atoms with van der Waals surface area (Å²) in [4.78, 5) is 36.0. The minimum atomic E-state index is -0.845. The largest absolute Gasteiger partial charge is 0.496 e. The van der Waals surface area contributed by atoms with Gasteiger partial charge in [-0.1, -0.05) is 20.8 Å². The second-order valence-electron chi connectivity index (χ2n) is 10.0. The third-order valence-corrected chi connectivity index (χ3v) is 5.80. The molecule has 0 aromatic heterocycles. The van der Waals surface area contributed by atoms with Crippen molar-refractivity contribution in [1.29, 1.82) is 0 Å². The average Bonchev–Trinajstić information content (AvgIpc) is 2.74. The van der Waals surface area contributed by atoms with Crippen molar-refractivity contribution in [1.82, 2.24) is 10.6 Å². The van der Waals surface area contributed by atoms with E-state index in [1.807, 2.05) is 20.8 Å². The van der Waals surface area contributed by atoms with Crippen LogP contribution in [0.1, 0.15) is 70.2 Å². The zero-order valence-electron chi connectivity index (χ0n) is 20.0. The number of aliphatic carboxylic acids is 1. The highest BCUT2D eigenvalue weighted by Gasteiger charge is 2.38. The number of rotatable bonds is 9. The number of carboxylic acids is 1. The molecule has 184 valence electrons. The Labute approximate surface area is 194 Å². The van der Waals surface area contributed by atoms with Crippen LogP contribution in [0.2, 0.25) is 0 Å². The molecule has 2 rings (SSSR count). The Morgan fingerprint density at radius 2 is 1.79 bits per heavy atom. The number of carbonyl (C=O) groups is 3. The Bertz CT molecular complexity index is 872. The number of methoxy groups -OCH3 is 1. The number of amides is 2. The molecule has 3 N–H and O–H groups in total. The topological polar surface area (TPSA) is 114 Å². The van der Waals surface area contributed by atoms with Gasteiger partial charge < -0.3 is 25.2 Å². The van der Waals surface area contributed by atoms with Crippen molar-refractivity contribution in [3.05, 3.63) is 23.5 Å². The van der Waals surface area contributed by atoms with Crippen molar-refractivity contribution in [3.63, 3.8) is 0 Å². The van der Waals surface area contributed by atoms with E-state index in [1.54, 1.807) is 6.92 Å². The van der Waals surface area contributed by atoms with E-state index < -0.39 is 23.1 Å². The van der Waals surface area contributed by atoms with E-state index in [1.165, 1.54) is 13.2 Å². The van der Waals surface area contributed by atoms with Crippen LogP contribution in [0.15, 0.2) is 12.1 Å². The lowest BCUT2D eigenvalue weighted by atomic mass is 9.75. The van der Waals surface area contributed by atoms with Crippen LogP contribution in [0.3, 0.4) is 0 Å². The highest BCUT2D eigenvalue weighted by atomic mass is 19.1. The van der Waals surface area contributed by atoms with E-state index in [0.717, 1.165) is 6.07 Å². The van der Waals surface area contributed by atoms with E-state index in [2.05, 4.69) is 10.6 Å². The molecule has 9 heteroatoms. The molecule has 8 nitrogen and oxygen atoms in total. The van der Waals surface area contributed by atoms with Crippen LogP contribution < -0.4 is 20.1 Å². The van der Waals surface area contributed by atoms with E-state index in [9.17, 15) is 23.9 Å². The van der Waals surface area contributed by atoms with Gasteiger partial charge in [0, 0.05) is 25.6 Å². The molecule has 0 atom stereocenters. The van der Waals surface area contributed by atoms with Gasteiger partial charge in [-0.3, -0.25) is 14.4 Å². The van der Waals surface area contributed by atoms with Crippen molar-refractivity contribution >= 4 is 17.8 Å². The molecule has 2 amide bonds. The molecule has 0 bridgehead atoms. The third-order valence-electron chi connectivity index (χ3n) is 5.80. The van der Waals surface area contributed by atoms with E-state index in [0.29, 0.717) is 32.2 Å². The van der Waals surface area contributed by atoms with Crippen LogP contribution in [0.25, 0.3) is 0 Å². The molecule has 0 heterocycles. The van der Waals surface area contributed by atoms with Crippen LogP contribution in [0.5, 0.6) is 11.5 Å². The minimum absolute atomic E-state index is 0.0403. The smallest absolute Gasteiger partial charge is 0.309 e. The van der Waals surface area contributed by atoms with Gasteiger partial charge in [0.05, 0.1) is 24.2 Å². The van der Waals surface area contributed by atoms with Gasteiger partial charge in [0.15, 0.2) is 11.6 Å². The Balaban J connectivity index is 2.00. The van der Waals surface area contributed by atoms with Gasteiger partial charge in [-0.2, -0.15) is 0 Å². The normalized spacial score (nSPS) is 20.6. The third kappa shape index (κ3) is 7.61. The number of carbonyl (C=O) groups excluding carboxylic acids is 2. The number of halogens is 1. The molecule has 0 spiro atoms. The fraction of sp³-hybridized carbons (Fsp3) is 0.625. The highest BCUT2D eigenvalue weighted by molar-refractivity contribution is 5.97. The predicted octanol–water partition coefficient (Wildman–Crippen LogP) is 3.53. The van der Waals surface area contributed by atoms with Gasteiger partial charge in [0.2, 0.25) is 5.91 Å². The average molecular weight is 467 g/mol. The van der Waals surface area contributed by atoms with Gasteiger partial charge in [-0.05, 0) is 44.1 Å². The van der Waals surface area contributed by atoms with Crippen LogP contribution in [0.4, 0.5) is 4.39 Å². The highest BCUT2D eigenvalue weighted by Crippen LogP contribution is 2.38. The van der Waals surface area contributed by atoms with Gasteiger partial charge in [0.1, 0.15) is 5.75 Å². The van der Waals surface area contributed by atoms with E-state index in [4.69, 9.17) is 9.47 Å². The molecule has 0 radical (unpaired) electrons. The molecule has 1 aromatic carbocycles. The number of carboxylic acid groups (broad SMARTS) is 1. The van der Waals surface area contributed by atoms with E-state index in [-0.39, 0.29) is 47.5 Å². The fourth-order valence-corrected chi connectivity index (χ4v) is 3.55. The van der Waals surface area contributed by atoms with Crippen LogP contribution in [-0.2, 0) is 9.59 Å². The molecule has 1 aliphatic rings. The zero-order chi connectivity index (χ0) is 24.8. The minimum Gasteiger partial charge on any atom is -0.496 e. The SMILES string of the molecule is COc1cc(F)c(O[C@H]2CC[C@@](C)(C(=O)O)CC2)cc1C(=O)NCCC(=O)NCC(C)(C)C. The maximum Gasteiger partial charge on any atom is 0.309 e. The van der Waals surface area contributed by atoms with Gasteiger partial charge in [-0.25, -0.2) is 4.39 Å². The van der Waals surface area contributed by atoms with Gasteiger partial charge in [0.25, 0.3) is 5.91 Å². The number of hydrogen-bond donors (Lipinski definition) is 3. The lowest BCUT2D eigenvalue weighted by Gasteiger charge is -2.34. The summed E-state index contributed by atoms with van der Waals surface area (Å²) in [7, 11) is 1.33. The molecule has 0 aliphatic heterocycles. The second-order valence-corrected chi connectivity index (χ2v) is 10.0. The molecule has 1 aliphatic carbocycles. The molecule has 1 saturated carbocycles. The van der Waals surface area contributed by atoms with Crippen molar-refractivity contribution in [2.24, 2.45) is 10.8 Å². The molecular formula is C24H35FN2O6. The maximum atomic E-state index is 14.6. The quantitative estimate of drug-likeness (QED) is 0.513. The van der Waals surface area contributed by atoms with Gasteiger partial charge >= 0.3 is 5.97 Å². The standard InChI is InChI=1S/C24H35FN2O6/c1-23(2,3)14-27-20(28)8-11-26-21(29)16-12-19(17(25)13-18(16)32-5)33-15-6-9-24(4,10-7-15)22(30)31/h12-13,15H,6-11,14H2,1-5H3,(H,26,29)(H,27,28)(H,30,31)/t15-,24+. The van der Waals surface area contributed by atoms with Crippen LogP contribution in [-0.4, -0.2) is 49.2 Å². The monoisotopic (exact) mass is 466 g/mol. The molecule has 1 aromatic rings. The van der Waals surface area contributed by atoms with Crippen molar-refractivity contribution in [3.8, 4) is 11.5 Å². The number of ether oxygens (including phenoxy) is 2. The molecule has 33 heavy (non-hydrogen) atoms. The lowest BCUT2D eigenvalue weighted by molar-refractivity contribution is -0.150. The first-order chi connectivity index (χ1) is 15.3. The predicted molar refractivity (Wildman–Crippen MR) is 121 cm³/mol. The Morgan fingerprint density at radius 1 is 1.15 bits per heavy atom. The summed E-state index contributed by atoms with van der Waals surface area (Å²) in [6, 6.07) is 2.37. The summed E-state index contributed by atoms with van der Waals surface area (Å²) in [5, 5.41) is 14.8. The summed E-state index contributed by atoms with van der Waals surface area (Å²) in [6.45, 7) is 8.36. The second kappa shape index (κ2) is 10.9. The van der Waals surface area contributed by atoms with Crippen molar-refractivity contribution in [2.45, 2.75) is 65.9 Å². The fourth-order valence-electron chi connectivity index (χ4n) is 3.55. The number of benzene rings is 1. The summed E-state index contributed by atoms with van der Waals surface area (Å²) >= 11 is 0. The molecular weight excluding hydrogens is 431 g/mol. The number of hydrogen-bond acceptors (Lipinski definition) is 5. The van der Waals surface area contributed by atoms with Crippen molar-refractivity contribution < 1.29 is 33.4 Å².